The van der Waals surface area contributed by atoms with Gasteiger partial charge in [-0.15, -0.1) is 0 Å². The van der Waals surface area contributed by atoms with Crippen molar-refractivity contribution in [3.63, 3.8) is 0 Å². The molecule has 0 saturated carbocycles. The predicted molar refractivity (Wildman–Crippen MR) is 81.2 cm³/mol. The van der Waals surface area contributed by atoms with Crippen LogP contribution in [0.25, 0.3) is 0 Å². The maximum absolute atomic E-state index is 13.2. The van der Waals surface area contributed by atoms with Crippen LogP contribution in [0, 0.1) is 17.6 Å². The minimum absolute atomic E-state index is 0.0996. The molecule has 0 aromatic heterocycles. The van der Waals surface area contributed by atoms with Gasteiger partial charge in [-0.2, -0.15) is 0 Å². The Morgan fingerprint density at radius 2 is 1.77 bits per heavy atom. The molecule has 124 valence electrons. The van der Waals surface area contributed by atoms with Crippen LogP contribution in [0.3, 0.4) is 0 Å². The zero-order valence-electron chi connectivity index (χ0n) is 13.6. The molecule has 22 heavy (non-hydrogen) atoms. The van der Waals surface area contributed by atoms with Gasteiger partial charge in [0.05, 0.1) is 18.2 Å². The Kier molecular flexibility index (Phi) is 6.44. The number of nitrogens with one attached hydrogen (secondary N) is 1. The molecule has 0 heterocycles. The number of rotatable bonds is 6. The summed E-state index contributed by atoms with van der Waals surface area (Å²) in [5.74, 6) is -2.11. The Labute approximate surface area is 130 Å². The van der Waals surface area contributed by atoms with Crippen LogP contribution in [0.4, 0.5) is 8.78 Å². The molecule has 3 atom stereocenters. The molecule has 1 rings (SSSR count). The Morgan fingerprint density at radius 1 is 1.18 bits per heavy atom. The molecule has 1 aromatic carbocycles. The van der Waals surface area contributed by atoms with Gasteiger partial charge in [0.25, 0.3) is 0 Å². The summed E-state index contributed by atoms with van der Waals surface area (Å²) in [5, 5.41) is 12.9. The Morgan fingerprint density at radius 3 is 2.23 bits per heavy atom. The number of aliphatic hydroxyl groups excluding tert-OH is 1. The highest BCUT2D eigenvalue weighted by Gasteiger charge is 2.27. The van der Waals surface area contributed by atoms with Crippen LogP contribution < -0.4 is 5.32 Å². The number of aliphatic hydroxyl groups is 1. The summed E-state index contributed by atoms with van der Waals surface area (Å²) in [4.78, 5) is 14.1. The number of carbonyl (C=O) groups is 1. The highest BCUT2D eigenvalue weighted by Crippen LogP contribution is 2.20. The molecule has 0 aliphatic rings. The van der Waals surface area contributed by atoms with E-state index in [1.54, 1.807) is 25.9 Å². The van der Waals surface area contributed by atoms with Gasteiger partial charge in [-0.3, -0.25) is 9.69 Å². The number of hydrogen-bond acceptors (Lipinski definition) is 3. The average Bonchev–Trinajstić information content (AvgIpc) is 2.39. The lowest BCUT2D eigenvalue weighted by Gasteiger charge is -2.29. The second-order valence-corrected chi connectivity index (χ2v) is 6.07. The van der Waals surface area contributed by atoms with Gasteiger partial charge in [0, 0.05) is 0 Å². The number of hydrogen-bond donors (Lipinski definition) is 2. The van der Waals surface area contributed by atoms with E-state index in [1.165, 1.54) is 6.07 Å². The third-order valence-electron chi connectivity index (χ3n) is 3.59. The quantitative estimate of drug-likeness (QED) is 0.845. The van der Waals surface area contributed by atoms with E-state index < -0.39 is 23.8 Å². The van der Waals surface area contributed by atoms with Crippen molar-refractivity contribution in [1.82, 2.24) is 10.2 Å². The molecule has 3 unspecified atom stereocenters. The lowest BCUT2D eigenvalue weighted by molar-refractivity contribution is -0.128. The molecular formula is C16H24F2N2O2. The van der Waals surface area contributed by atoms with Crippen molar-refractivity contribution >= 4 is 5.91 Å². The molecule has 1 amide bonds. The van der Waals surface area contributed by atoms with E-state index in [2.05, 4.69) is 5.32 Å². The predicted octanol–water partition coefficient (Wildman–Crippen LogP) is 2.09. The Hall–Kier alpha value is -1.53. The van der Waals surface area contributed by atoms with Crippen molar-refractivity contribution < 1.29 is 18.7 Å². The van der Waals surface area contributed by atoms with Crippen LogP contribution in [0.15, 0.2) is 18.2 Å². The molecule has 2 N–H and O–H groups in total. The van der Waals surface area contributed by atoms with E-state index >= 15 is 0 Å². The highest BCUT2D eigenvalue weighted by molar-refractivity contribution is 5.82. The fourth-order valence-corrected chi connectivity index (χ4v) is 2.51. The Balaban J connectivity index is 2.80. The first-order valence-corrected chi connectivity index (χ1v) is 7.25. The molecule has 0 bridgehead atoms. The molecule has 6 heteroatoms. The minimum atomic E-state index is -1.12. The van der Waals surface area contributed by atoms with Crippen LogP contribution >= 0.6 is 0 Å². The smallest absolute Gasteiger partial charge is 0.237 e. The van der Waals surface area contributed by atoms with Crippen molar-refractivity contribution in [1.29, 1.82) is 0 Å². The summed E-state index contributed by atoms with van der Waals surface area (Å²) < 4.78 is 26.2. The van der Waals surface area contributed by atoms with Gasteiger partial charge in [0.15, 0.2) is 11.6 Å². The van der Waals surface area contributed by atoms with Crippen LogP contribution in [0.2, 0.25) is 0 Å². The molecule has 0 fully saturated rings. The van der Waals surface area contributed by atoms with Gasteiger partial charge >= 0.3 is 0 Å². The molecule has 4 nitrogen and oxygen atoms in total. The monoisotopic (exact) mass is 314 g/mol. The summed E-state index contributed by atoms with van der Waals surface area (Å²) in [7, 11) is 3.61. The topological polar surface area (TPSA) is 52.6 Å². The van der Waals surface area contributed by atoms with Gasteiger partial charge in [0.2, 0.25) is 5.91 Å². The molecule has 0 saturated heterocycles. The third kappa shape index (κ3) is 4.48. The first kappa shape index (κ1) is 18.5. The molecule has 0 radical (unpaired) electrons. The van der Waals surface area contributed by atoms with Crippen molar-refractivity contribution in [2.75, 3.05) is 14.1 Å². The number of carbonyl (C=O) groups excluding carboxylic acids is 1. The number of amides is 1. The molecule has 0 aliphatic carbocycles. The van der Waals surface area contributed by atoms with E-state index in [1.807, 2.05) is 13.8 Å². The van der Waals surface area contributed by atoms with Gasteiger partial charge in [-0.1, -0.05) is 19.9 Å². The van der Waals surface area contributed by atoms with Crippen LogP contribution in [-0.2, 0) is 4.79 Å². The molecule has 1 aromatic rings. The van der Waals surface area contributed by atoms with E-state index in [0.29, 0.717) is 0 Å². The first-order chi connectivity index (χ1) is 10.1. The summed E-state index contributed by atoms with van der Waals surface area (Å²) in [6.45, 7) is 5.48. The van der Waals surface area contributed by atoms with E-state index in [-0.39, 0.29) is 23.4 Å². The number of likely N-dealkylation sites (N-methyl/N-ethyl adjacent to an activating group) is 1. The molecule has 0 aliphatic heterocycles. The minimum Gasteiger partial charge on any atom is -0.386 e. The van der Waals surface area contributed by atoms with Crippen LogP contribution in [0.5, 0.6) is 0 Å². The zero-order valence-corrected chi connectivity index (χ0v) is 13.6. The van der Waals surface area contributed by atoms with Crippen molar-refractivity contribution in [2.24, 2.45) is 5.92 Å². The first-order valence-electron chi connectivity index (χ1n) is 7.25. The average molecular weight is 314 g/mol. The fourth-order valence-electron chi connectivity index (χ4n) is 2.51. The maximum atomic E-state index is 13.2. The summed E-state index contributed by atoms with van der Waals surface area (Å²) >= 11 is 0. The fraction of sp³-hybridized carbons (Fsp3) is 0.562. The van der Waals surface area contributed by atoms with Crippen LogP contribution in [-0.4, -0.2) is 42.1 Å². The van der Waals surface area contributed by atoms with E-state index in [4.69, 9.17) is 0 Å². The third-order valence-corrected chi connectivity index (χ3v) is 3.59. The van der Waals surface area contributed by atoms with Crippen molar-refractivity contribution in [3.05, 3.63) is 35.4 Å². The second-order valence-electron chi connectivity index (χ2n) is 6.07. The number of halogens is 2. The zero-order chi connectivity index (χ0) is 17.0. The highest BCUT2D eigenvalue weighted by atomic mass is 19.2. The second kappa shape index (κ2) is 7.65. The van der Waals surface area contributed by atoms with Gasteiger partial charge < -0.3 is 10.4 Å². The van der Waals surface area contributed by atoms with Crippen molar-refractivity contribution in [3.8, 4) is 0 Å². The van der Waals surface area contributed by atoms with Gasteiger partial charge in [-0.25, -0.2) is 8.78 Å². The largest absolute Gasteiger partial charge is 0.386 e. The maximum Gasteiger partial charge on any atom is 0.237 e. The Bertz CT molecular complexity index is 513. The lowest BCUT2D eigenvalue weighted by atomic mass is 10.00. The SMILES string of the molecule is CC(C)C(C(=O)NC(C)C(O)c1ccc(F)c(F)c1)N(C)C. The van der Waals surface area contributed by atoms with Gasteiger partial charge in [-0.05, 0) is 44.6 Å². The van der Waals surface area contributed by atoms with Gasteiger partial charge in [0.1, 0.15) is 0 Å². The number of nitrogens with zero attached hydrogens (tertiary/aromatic N) is 1. The summed E-state index contributed by atoms with van der Waals surface area (Å²) in [5.41, 5.74) is 0.220. The summed E-state index contributed by atoms with van der Waals surface area (Å²) in [6, 6.07) is 2.24. The van der Waals surface area contributed by atoms with Crippen LogP contribution in [0.1, 0.15) is 32.4 Å². The van der Waals surface area contributed by atoms with E-state index in [9.17, 15) is 18.7 Å². The molecular weight excluding hydrogens is 290 g/mol. The normalized spacial score (nSPS) is 15.7. The standard InChI is InChI=1S/C16H24F2N2O2/c1-9(2)14(20(4)5)16(22)19-10(3)15(21)11-6-7-12(17)13(18)8-11/h6-10,14-15,21H,1-5H3,(H,19,22). The number of benzene rings is 1. The summed E-state index contributed by atoms with van der Waals surface area (Å²) in [6.07, 6.45) is -1.12. The lowest BCUT2D eigenvalue weighted by Crippen LogP contribution is -2.50. The van der Waals surface area contributed by atoms with Crippen molar-refractivity contribution in [2.45, 2.75) is 39.0 Å². The molecule has 0 spiro atoms. The van der Waals surface area contributed by atoms with E-state index in [0.717, 1.165) is 12.1 Å².